The summed E-state index contributed by atoms with van der Waals surface area (Å²) in [6.07, 6.45) is 0. The van der Waals surface area contributed by atoms with Crippen LogP contribution < -0.4 is 31.9 Å². The van der Waals surface area contributed by atoms with Crippen LogP contribution in [0.1, 0.15) is 36.1 Å². The summed E-state index contributed by atoms with van der Waals surface area (Å²) in [5, 5.41) is 61.7. The number of hydrogen-bond donors (Lipinski definition) is 2. The third-order valence-corrected chi connectivity index (χ3v) is 5.52. The van der Waals surface area contributed by atoms with Gasteiger partial charge in [0.05, 0.1) is 11.4 Å². The largest absolute Gasteiger partial charge is 2.00 e. The summed E-state index contributed by atoms with van der Waals surface area (Å²) in [5.74, 6) is -1.39. The molecule has 0 fully saturated rings. The van der Waals surface area contributed by atoms with Crippen LogP contribution in [-0.4, -0.2) is 23.2 Å². The molecule has 2 radical (unpaired) electrons. The number of nitrogen functional groups attached to an aromatic ring is 2. The third-order valence-electron chi connectivity index (χ3n) is 5.52. The second kappa shape index (κ2) is 22.0. The van der Waals surface area contributed by atoms with E-state index in [2.05, 4.69) is 20.4 Å². The maximum absolute atomic E-state index is 11.9. The molecule has 0 spiro atoms. The van der Waals surface area contributed by atoms with E-state index in [1.807, 2.05) is 0 Å². The normalized spacial score (nSPS) is 11.1. The van der Waals surface area contributed by atoms with E-state index in [0.717, 1.165) is 0 Å². The van der Waals surface area contributed by atoms with Crippen LogP contribution in [0.5, 0.6) is 11.5 Å². The van der Waals surface area contributed by atoms with Crippen molar-refractivity contribution in [2.45, 2.75) is 13.8 Å². The van der Waals surface area contributed by atoms with Crippen molar-refractivity contribution in [1.82, 2.24) is 0 Å². The van der Waals surface area contributed by atoms with Gasteiger partial charge in [-0.2, -0.15) is 20.4 Å². The second-order valence-corrected chi connectivity index (χ2v) is 8.35. The van der Waals surface area contributed by atoms with Crippen LogP contribution in [0.3, 0.4) is 0 Å². The molecule has 0 aromatic heterocycles. The van der Waals surface area contributed by atoms with E-state index in [0.29, 0.717) is 45.1 Å². The Morgan fingerprint density at radius 3 is 1.02 bits per heavy atom. The summed E-state index contributed by atoms with van der Waals surface area (Å²) >= 11 is 0. The van der Waals surface area contributed by atoms with Crippen molar-refractivity contribution in [1.29, 1.82) is 0 Å². The van der Waals surface area contributed by atoms with Crippen LogP contribution >= 0.6 is 0 Å². The minimum absolute atomic E-state index is 0. The molecule has 0 heterocycles. The van der Waals surface area contributed by atoms with Gasteiger partial charge in [0.25, 0.3) is 0 Å². The predicted molar refractivity (Wildman–Crippen MR) is 153 cm³/mol. The van der Waals surface area contributed by atoms with Gasteiger partial charge in [0.15, 0.2) is 0 Å². The Morgan fingerprint density at radius 2 is 0.733 bits per heavy atom. The van der Waals surface area contributed by atoms with E-state index in [4.69, 9.17) is 11.5 Å². The molecule has 45 heavy (non-hydrogen) atoms. The number of nitrogens with two attached hydrogens (primary N) is 2. The molecule has 0 bridgehead atoms. The van der Waals surface area contributed by atoms with Crippen LogP contribution in [0.4, 0.5) is 11.4 Å². The number of benzene rings is 4. The summed E-state index contributed by atoms with van der Waals surface area (Å²) < 4.78 is 0. The summed E-state index contributed by atoms with van der Waals surface area (Å²) in [5.41, 5.74) is 14.3. The Kier molecular flexibility index (Phi) is 21.9. The van der Waals surface area contributed by atoms with E-state index >= 15 is 0 Å². The molecule has 0 amide bonds. The molecule has 0 saturated heterocycles. The van der Waals surface area contributed by atoms with Crippen LogP contribution in [0.25, 0.3) is 0 Å². The van der Waals surface area contributed by atoms with E-state index in [-0.39, 0.29) is 65.0 Å². The van der Waals surface area contributed by atoms with Crippen LogP contribution in [0, 0.1) is 0 Å². The van der Waals surface area contributed by atoms with Crippen LogP contribution in [0.2, 0.25) is 0 Å². The molecule has 15 heteroatoms. The quantitative estimate of drug-likeness (QED) is 0.131. The Morgan fingerprint density at radius 1 is 0.467 bits per heavy atom. The fourth-order valence-electron chi connectivity index (χ4n) is 3.37. The zero-order valence-corrected chi connectivity index (χ0v) is 26.7. The van der Waals surface area contributed by atoms with Gasteiger partial charge in [-0.25, -0.2) is 0 Å². The molecule has 0 saturated carbocycles. The van der Waals surface area contributed by atoms with Crippen molar-refractivity contribution in [2.24, 2.45) is 20.4 Å². The van der Waals surface area contributed by atoms with Gasteiger partial charge >= 0.3 is 0 Å². The summed E-state index contributed by atoms with van der Waals surface area (Å²) in [6.45, 7) is 3.25. The number of anilines is 2. The monoisotopic (exact) mass is 684 g/mol. The average molecular weight is 684 g/mol. The van der Waals surface area contributed by atoms with Crippen molar-refractivity contribution in [3.05, 3.63) is 119 Å². The molecule has 0 aliphatic rings. The first-order chi connectivity index (χ1) is 19.2. The molecule has 4 N–H and O–H groups in total. The van der Waals surface area contributed by atoms with Crippen LogP contribution in [-0.2, 0) is 53.5 Å². The molecule has 0 unspecified atom stereocenters. The summed E-state index contributed by atoms with van der Waals surface area (Å²) in [7, 11) is 0. The Balaban J connectivity index is -0.000000706. The standard InChI is InChI=1S/2C15H15N3O2.3O.2V/c2*1-10(11-6-3-5-9-14(11)19)17-18-15(20)12-7-2-4-8-13(12)16;;;;;/h2*2-9,19H,16H2,1H3,(H,18,20);;;;;/q;;3*-2;;/p-4/b2*17-10+;;;;;. The summed E-state index contributed by atoms with van der Waals surface area (Å²) in [4.78, 5) is 0. The molecule has 4 rings (SSSR count). The van der Waals surface area contributed by atoms with Gasteiger partial charge in [-0.3, -0.25) is 0 Å². The molecular formula is C30H26N6O7V2-10. The maximum atomic E-state index is 11.9. The molecule has 4 aromatic rings. The zero-order valence-electron chi connectivity index (χ0n) is 23.9. The molecule has 238 valence electrons. The minimum atomic E-state index is -0.536. The van der Waals surface area contributed by atoms with E-state index < -0.39 is 11.8 Å². The van der Waals surface area contributed by atoms with Gasteiger partial charge in [-0.1, -0.05) is 96.4 Å². The molecule has 4 aromatic carbocycles. The van der Waals surface area contributed by atoms with Gasteiger partial charge in [0.1, 0.15) is 0 Å². The number of nitrogens with zero attached hydrogens (tertiary/aromatic N) is 4. The first kappa shape index (κ1) is 44.8. The number of rotatable bonds is 6. The predicted octanol–water partition coefficient (Wildman–Crippen LogP) is 1.39. The second-order valence-electron chi connectivity index (χ2n) is 8.35. The van der Waals surface area contributed by atoms with Crippen molar-refractivity contribution in [2.75, 3.05) is 11.5 Å². The van der Waals surface area contributed by atoms with Gasteiger partial charge in [0, 0.05) is 71.4 Å². The van der Waals surface area contributed by atoms with E-state index in [1.165, 1.54) is 12.1 Å². The molecule has 0 atom stereocenters. The van der Waals surface area contributed by atoms with Gasteiger partial charge in [-0.15, -0.1) is 0 Å². The van der Waals surface area contributed by atoms with Crippen molar-refractivity contribution < 1.29 is 74.0 Å². The molecule has 13 nitrogen and oxygen atoms in total. The van der Waals surface area contributed by atoms with E-state index in [1.54, 1.807) is 98.8 Å². The van der Waals surface area contributed by atoms with Crippen molar-refractivity contribution >= 4 is 34.6 Å². The number of hydrogen-bond acceptors (Lipinski definition) is 10. The molecule has 0 aliphatic heterocycles. The minimum Gasteiger partial charge on any atom is -2.00 e. The fourth-order valence-corrected chi connectivity index (χ4v) is 3.37. The number of para-hydroxylation sites is 4. The SMILES string of the molecule is C/C(=N\N=C(/[O-])c1ccccc1N)c1ccccc1[O-].C/C(=N\N=C(/[O-])c1ccccc1N)c1ccccc1[O-].[O-2].[O-2].[O-2].[V].[V]. The van der Waals surface area contributed by atoms with Gasteiger partial charge < -0.3 is 48.3 Å². The van der Waals surface area contributed by atoms with Gasteiger partial charge in [-0.05, 0) is 37.1 Å². The van der Waals surface area contributed by atoms with Crippen molar-refractivity contribution in [3.63, 3.8) is 0 Å². The smallest absolute Gasteiger partial charge is 0.0665 e. The van der Waals surface area contributed by atoms with Crippen molar-refractivity contribution in [3.8, 4) is 11.5 Å². The molecular weight excluding hydrogens is 658 g/mol. The zero-order chi connectivity index (χ0) is 29.1. The Bertz CT molecular complexity index is 1380. The average Bonchev–Trinajstić information content (AvgIpc) is 2.95. The first-order valence-corrected chi connectivity index (χ1v) is 12.0. The Labute approximate surface area is 284 Å². The Hall–Kier alpha value is -4.59. The van der Waals surface area contributed by atoms with Crippen LogP contribution in [0.15, 0.2) is 117 Å². The van der Waals surface area contributed by atoms with E-state index in [9.17, 15) is 20.4 Å². The fraction of sp³-hybridized carbons (Fsp3) is 0.0667. The summed E-state index contributed by atoms with van der Waals surface area (Å²) in [6, 6.07) is 26.1. The molecule has 0 aliphatic carbocycles. The topological polar surface area (TPSA) is 279 Å². The first-order valence-electron chi connectivity index (χ1n) is 12.0. The third kappa shape index (κ3) is 12.9. The van der Waals surface area contributed by atoms with Gasteiger partial charge in [0.2, 0.25) is 0 Å². The maximum Gasteiger partial charge on any atom is 0.0665 e.